The Morgan fingerprint density at radius 2 is 2.11 bits per heavy atom. The van der Waals surface area contributed by atoms with Crippen LogP contribution in [0.15, 0.2) is 24.3 Å². The number of anilines is 1. The first kappa shape index (κ1) is 14.4. The smallest absolute Gasteiger partial charge is 0.308 e. The van der Waals surface area contributed by atoms with Gasteiger partial charge in [-0.2, -0.15) is 0 Å². The molecule has 1 atom stereocenters. The fraction of sp³-hybridized carbons (Fsp3) is 0.364. The molecule has 0 aliphatic rings. The standard InChI is InChI=1S/C11H14FNO4S/c1-8(11(14)15)7-13(18(2,16)17)10-5-3-4-9(12)6-10/h3-6,8H,7H2,1-2H3,(H,14,15). The minimum absolute atomic E-state index is 0.116. The van der Waals surface area contributed by atoms with Gasteiger partial charge in [0, 0.05) is 6.54 Å². The van der Waals surface area contributed by atoms with Crippen LogP contribution >= 0.6 is 0 Å². The van der Waals surface area contributed by atoms with Crippen LogP contribution in [-0.2, 0) is 14.8 Å². The van der Waals surface area contributed by atoms with Gasteiger partial charge in [-0.3, -0.25) is 9.10 Å². The number of benzene rings is 1. The third-order valence-electron chi connectivity index (χ3n) is 2.36. The van der Waals surface area contributed by atoms with Crippen molar-refractivity contribution in [1.82, 2.24) is 0 Å². The highest BCUT2D eigenvalue weighted by Crippen LogP contribution is 2.20. The van der Waals surface area contributed by atoms with E-state index in [1.807, 2.05) is 0 Å². The first-order valence-corrected chi connectivity index (χ1v) is 7.02. The highest BCUT2D eigenvalue weighted by Gasteiger charge is 2.23. The highest BCUT2D eigenvalue weighted by atomic mass is 32.2. The van der Waals surface area contributed by atoms with Crippen LogP contribution in [0.4, 0.5) is 10.1 Å². The van der Waals surface area contributed by atoms with E-state index in [9.17, 15) is 17.6 Å². The summed E-state index contributed by atoms with van der Waals surface area (Å²) in [6.45, 7) is 1.15. The van der Waals surface area contributed by atoms with E-state index < -0.39 is 27.7 Å². The molecule has 0 fully saturated rings. The number of nitrogens with zero attached hydrogens (tertiary/aromatic N) is 1. The number of rotatable bonds is 5. The van der Waals surface area contributed by atoms with Gasteiger partial charge in [-0.15, -0.1) is 0 Å². The first-order valence-electron chi connectivity index (χ1n) is 5.18. The van der Waals surface area contributed by atoms with Gasteiger partial charge < -0.3 is 5.11 Å². The van der Waals surface area contributed by atoms with Crippen molar-refractivity contribution in [3.05, 3.63) is 30.1 Å². The summed E-state index contributed by atoms with van der Waals surface area (Å²) in [5.74, 6) is -2.58. The number of aliphatic carboxylic acids is 1. The Hall–Kier alpha value is -1.63. The van der Waals surface area contributed by atoms with Crippen LogP contribution in [0.25, 0.3) is 0 Å². The van der Waals surface area contributed by atoms with Crippen molar-refractivity contribution in [3.63, 3.8) is 0 Å². The number of carboxylic acid groups (broad SMARTS) is 1. The van der Waals surface area contributed by atoms with Crippen LogP contribution in [0.5, 0.6) is 0 Å². The van der Waals surface area contributed by atoms with Gasteiger partial charge in [0.25, 0.3) is 0 Å². The minimum Gasteiger partial charge on any atom is -0.481 e. The molecule has 100 valence electrons. The zero-order chi connectivity index (χ0) is 13.9. The van der Waals surface area contributed by atoms with E-state index in [4.69, 9.17) is 5.11 Å². The van der Waals surface area contributed by atoms with E-state index >= 15 is 0 Å². The fourth-order valence-electron chi connectivity index (χ4n) is 1.39. The zero-order valence-electron chi connectivity index (χ0n) is 10.00. The highest BCUT2D eigenvalue weighted by molar-refractivity contribution is 7.92. The lowest BCUT2D eigenvalue weighted by molar-refractivity contribution is -0.140. The topological polar surface area (TPSA) is 74.7 Å². The molecule has 1 unspecified atom stereocenters. The lowest BCUT2D eigenvalue weighted by atomic mass is 10.2. The van der Waals surface area contributed by atoms with E-state index in [1.54, 1.807) is 0 Å². The van der Waals surface area contributed by atoms with Gasteiger partial charge >= 0.3 is 5.97 Å². The Balaban J connectivity index is 3.11. The number of hydrogen-bond acceptors (Lipinski definition) is 3. The summed E-state index contributed by atoms with van der Waals surface area (Å²) in [6.07, 6.45) is 0.951. The van der Waals surface area contributed by atoms with Gasteiger partial charge in [-0.05, 0) is 18.2 Å². The summed E-state index contributed by atoms with van der Waals surface area (Å²) in [5, 5.41) is 8.80. The number of halogens is 1. The number of carbonyl (C=O) groups is 1. The second-order valence-electron chi connectivity index (χ2n) is 4.01. The molecule has 0 amide bonds. The van der Waals surface area contributed by atoms with Crippen molar-refractivity contribution in [3.8, 4) is 0 Å². The molecule has 0 radical (unpaired) electrons. The molecular formula is C11H14FNO4S. The van der Waals surface area contributed by atoms with Crippen LogP contribution in [0.2, 0.25) is 0 Å². The Morgan fingerprint density at radius 1 is 1.50 bits per heavy atom. The van der Waals surface area contributed by atoms with E-state index in [0.717, 1.165) is 16.6 Å². The average Bonchev–Trinajstić information content (AvgIpc) is 2.23. The van der Waals surface area contributed by atoms with Gasteiger partial charge in [0.15, 0.2) is 0 Å². The third kappa shape index (κ3) is 3.69. The fourth-order valence-corrected chi connectivity index (χ4v) is 2.38. The minimum atomic E-state index is -3.66. The molecule has 0 aliphatic heterocycles. The number of sulfonamides is 1. The zero-order valence-corrected chi connectivity index (χ0v) is 10.8. The lowest BCUT2D eigenvalue weighted by Crippen LogP contribution is -2.36. The summed E-state index contributed by atoms with van der Waals surface area (Å²) >= 11 is 0. The van der Waals surface area contributed by atoms with Gasteiger partial charge in [0.2, 0.25) is 10.0 Å². The number of hydrogen-bond donors (Lipinski definition) is 1. The van der Waals surface area contributed by atoms with Crippen molar-refractivity contribution in [2.45, 2.75) is 6.92 Å². The molecule has 1 aromatic carbocycles. The molecule has 1 N–H and O–H groups in total. The summed E-state index contributed by atoms with van der Waals surface area (Å²) in [4.78, 5) is 10.8. The van der Waals surface area contributed by atoms with Crippen molar-refractivity contribution in [2.24, 2.45) is 5.92 Å². The van der Waals surface area contributed by atoms with E-state index in [-0.39, 0.29) is 12.2 Å². The summed E-state index contributed by atoms with van der Waals surface area (Å²) < 4.78 is 37.2. The molecule has 1 rings (SSSR count). The molecule has 0 saturated heterocycles. The van der Waals surface area contributed by atoms with Crippen LogP contribution in [0.1, 0.15) is 6.92 Å². The van der Waals surface area contributed by atoms with Crippen molar-refractivity contribution < 1.29 is 22.7 Å². The van der Waals surface area contributed by atoms with Gasteiger partial charge in [0.05, 0.1) is 17.9 Å². The number of carboxylic acids is 1. The average molecular weight is 275 g/mol. The van der Waals surface area contributed by atoms with Gasteiger partial charge in [0.1, 0.15) is 5.82 Å². The molecule has 0 aromatic heterocycles. The largest absolute Gasteiger partial charge is 0.481 e. The molecule has 0 bridgehead atoms. The Labute approximate surface area is 105 Å². The van der Waals surface area contributed by atoms with Crippen molar-refractivity contribution in [1.29, 1.82) is 0 Å². The maximum absolute atomic E-state index is 13.1. The maximum atomic E-state index is 13.1. The van der Waals surface area contributed by atoms with Crippen LogP contribution in [-0.4, -0.2) is 32.3 Å². The Bertz CT molecular complexity index is 544. The Morgan fingerprint density at radius 3 is 2.56 bits per heavy atom. The van der Waals surface area contributed by atoms with Gasteiger partial charge in [-0.1, -0.05) is 13.0 Å². The van der Waals surface area contributed by atoms with Crippen molar-refractivity contribution >= 4 is 21.7 Å². The molecule has 1 aromatic rings. The summed E-state index contributed by atoms with van der Waals surface area (Å²) in [7, 11) is -3.66. The maximum Gasteiger partial charge on any atom is 0.308 e. The predicted molar refractivity (Wildman–Crippen MR) is 65.4 cm³/mol. The van der Waals surface area contributed by atoms with Crippen molar-refractivity contribution in [2.75, 3.05) is 17.1 Å². The lowest BCUT2D eigenvalue weighted by Gasteiger charge is -2.24. The summed E-state index contributed by atoms with van der Waals surface area (Å²) in [6, 6.07) is 5.02. The Kier molecular flexibility index (Phi) is 4.28. The SMILES string of the molecule is CC(CN(c1cccc(F)c1)S(C)(=O)=O)C(=O)O. The van der Waals surface area contributed by atoms with E-state index in [1.165, 1.54) is 25.1 Å². The molecule has 0 heterocycles. The monoisotopic (exact) mass is 275 g/mol. The van der Waals surface area contributed by atoms with Crippen LogP contribution in [0.3, 0.4) is 0 Å². The molecule has 7 heteroatoms. The van der Waals surface area contributed by atoms with E-state index in [0.29, 0.717) is 0 Å². The molecule has 18 heavy (non-hydrogen) atoms. The molecular weight excluding hydrogens is 261 g/mol. The third-order valence-corrected chi connectivity index (χ3v) is 3.52. The molecule has 5 nitrogen and oxygen atoms in total. The first-order chi connectivity index (χ1) is 8.21. The van der Waals surface area contributed by atoms with Crippen LogP contribution < -0.4 is 4.31 Å². The second-order valence-corrected chi connectivity index (χ2v) is 5.92. The second kappa shape index (κ2) is 5.34. The molecule has 0 saturated carbocycles. The van der Waals surface area contributed by atoms with Crippen LogP contribution in [0, 0.1) is 11.7 Å². The predicted octanol–water partition coefficient (Wildman–Crippen LogP) is 1.31. The normalized spacial score (nSPS) is 13.1. The summed E-state index contributed by atoms with van der Waals surface area (Å²) in [5.41, 5.74) is 0.116. The van der Waals surface area contributed by atoms with E-state index in [2.05, 4.69) is 0 Å². The molecule has 0 spiro atoms. The van der Waals surface area contributed by atoms with Gasteiger partial charge in [-0.25, -0.2) is 12.8 Å². The quantitative estimate of drug-likeness (QED) is 0.879. The molecule has 0 aliphatic carbocycles.